The second kappa shape index (κ2) is 8.67. The normalized spacial score (nSPS) is 21.0. The lowest BCUT2D eigenvalue weighted by atomic mass is 9.92. The van der Waals surface area contributed by atoms with Crippen LogP contribution in [-0.4, -0.2) is 34.3 Å². The van der Waals surface area contributed by atoms with Gasteiger partial charge in [-0.3, -0.25) is 9.79 Å². The number of amides is 1. The first-order valence-corrected chi connectivity index (χ1v) is 9.04. The van der Waals surface area contributed by atoms with Gasteiger partial charge in [-0.15, -0.1) is 0 Å². The van der Waals surface area contributed by atoms with Crippen LogP contribution in [0.4, 0.5) is 0 Å². The molecule has 1 saturated carbocycles. The number of amidine groups is 1. The van der Waals surface area contributed by atoms with Crippen LogP contribution in [0.5, 0.6) is 0 Å². The van der Waals surface area contributed by atoms with Gasteiger partial charge in [0.15, 0.2) is 0 Å². The lowest BCUT2D eigenvalue weighted by molar-refractivity contribution is -0.110. The van der Waals surface area contributed by atoms with Gasteiger partial charge in [0.05, 0.1) is 17.9 Å². The molecule has 1 amide bonds. The van der Waals surface area contributed by atoms with Crippen molar-refractivity contribution in [2.45, 2.75) is 37.8 Å². The van der Waals surface area contributed by atoms with Gasteiger partial charge in [0.1, 0.15) is 11.7 Å². The van der Waals surface area contributed by atoms with Gasteiger partial charge in [0.25, 0.3) is 0 Å². The molecular formula is C19H22ClN5O. The Morgan fingerprint density at radius 1 is 1.35 bits per heavy atom. The zero-order valence-corrected chi connectivity index (χ0v) is 15.1. The zero-order chi connectivity index (χ0) is 18.4. The van der Waals surface area contributed by atoms with Crippen LogP contribution in [0.25, 0.3) is 17.3 Å². The average Bonchev–Trinajstić information content (AvgIpc) is 3.11. The highest BCUT2D eigenvalue weighted by Crippen LogP contribution is 2.22. The van der Waals surface area contributed by atoms with Crippen LogP contribution < -0.4 is 11.1 Å². The molecule has 0 atom stereocenters. The Kier molecular flexibility index (Phi) is 6.07. The molecule has 26 heavy (non-hydrogen) atoms. The quantitative estimate of drug-likeness (QED) is 0.413. The molecule has 0 bridgehead atoms. The Balaban J connectivity index is 1.59. The van der Waals surface area contributed by atoms with Crippen molar-refractivity contribution < 1.29 is 4.79 Å². The van der Waals surface area contributed by atoms with E-state index in [1.54, 1.807) is 12.3 Å². The van der Waals surface area contributed by atoms with E-state index in [2.05, 4.69) is 20.3 Å². The molecule has 0 unspecified atom stereocenters. The maximum Gasteiger partial charge on any atom is 0.207 e. The summed E-state index contributed by atoms with van der Waals surface area (Å²) in [6.45, 7) is 0. The first kappa shape index (κ1) is 18.2. The summed E-state index contributed by atoms with van der Waals surface area (Å²) >= 11 is 6.02. The molecule has 1 aliphatic carbocycles. The summed E-state index contributed by atoms with van der Waals surface area (Å²) in [6, 6.07) is 8.07. The minimum absolute atomic E-state index is 0.211. The van der Waals surface area contributed by atoms with E-state index in [0.29, 0.717) is 16.7 Å². The van der Waals surface area contributed by atoms with E-state index in [1.165, 1.54) is 0 Å². The van der Waals surface area contributed by atoms with Crippen LogP contribution in [0, 0.1) is 0 Å². The number of nitrogens with one attached hydrogen (secondary N) is 2. The van der Waals surface area contributed by atoms with E-state index in [4.69, 9.17) is 17.3 Å². The SMILES string of the molecule is NC(/C=C\c1ncc(-c2cccc(Cl)c2)[nH]1)=NC1CCC(NC=O)CC1. The number of aromatic nitrogens is 2. The van der Waals surface area contributed by atoms with Gasteiger partial charge < -0.3 is 16.0 Å². The summed E-state index contributed by atoms with van der Waals surface area (Å²) in [5.41, 5.74) is 7.89. The minimum atomic E-state index is 0.211. The Morgan fingerprint density at radius 2 is 2.15 bits per heavy atom. The van der Waals surface area contributed by atoms with Gasteiger partial charge in [-0.05, 0) is 50.0 Å². The number of aliphatic imine (C=N–C) groups is 1. The fourth-order valence-corrected chi connectivity index (χ4v) is 3.30. The van der Waals surface area contributed by atoms with Crippen LogP contribution in [0.3, 0.4) is 0 Å². The smallest absolute Gasteiger partial charge is 0.207 e. The van der Waals surface area contributed by atoms with Crippen molar-refractivity contribution in [2.75, 3.05) is 0 Å². The van der Waals surface area contributed by atoms with E-state index < -0.39 is 0 Å². The van der Waals surface area contributed by atoms with E-state index in [-0.39, 0.29) is 12.1 Å². The standard InChI is InChI=1S/C19H22ClN5O/c20-14-3-1-2-13(10-14)17-11-22-19(25-17)9-8-18(21)24-16-6-4-15(5-7-16)23-12-26/h1-3,8-12,15-16H,4-7H2,(H2,21,24)(H,22,25)(H,23,26)/b9-8-. The topological polar surface area (TPSA) is 96.2 Å². The zero-order valence-electron chi connectivity index (χ0n) is 14.4. The molecule has 0 saturated heterocycles. The molecule has 4 N–H and O–H groups in total. The van der Waals surface area contributed by atoms with E-state index >= 15 is 0 Å². The summed E-state index contributed by atoms with van der Waals surface area (Å²) in [6.07, 6.45) is 9.84. The van der Waals surface area contributed by atoms with Gasteiger partial charge in [0.2, 0.25) is 6.41 Å². The van der Waals surface area contributed by atoms with E-state index in [1.807, 2.05) is 30.3 Å². The Labute approximate surface area is 157 Å². The Morgan fingerprint density at radius 3 is 2.88 bits per heavy atom. The molecule has 1 aliphatic rings. The lowest BCUT2D eigenvalue weighted by Crippen LogP contribution is -2.33. The predicted octanol–water partition coefficient (Wildman–Crippen LogP) is 3.16. The van der Waals surface area contributed by atoms with Crippen molar-refractivity contribution in [2.24, 2.45) is 10.7 Å². The van der Waals surface area contributed by atoms with Crippen molar-refractivity contribution in [3.8, 4) is 11.3 Å². The number of hydrogen-bond acceptors (Lipinski definition) is 3. The number of hydrogen-bond donors (Lipinski definition) is 3. The van der Waals surface area contributed by atoms with Crippen molar-refractivity contribution in [3.05, 3.63) is 47.4 Å². The molecule has 1 heterocycles. The first-order chi connectivity index (χ1) is 12.6. The molecule has 0 aliphatic heterocycles. The Bertz CT molecular complexity index is 806. The fourth-order valence-electron chi connectivity index (χ4n) is 3.11. The number of nitrogens with zero attached hydrogens (tertiary/aromatic N) is 2. The number of benzene rings is 1. The van der Waals surface area contributed by atoms with Crippen molar-refractivity contribution >= 4 is 29.9 Å². The van der Waals surface area contributed by atoms with Crippen molar-refractivity contribution in [1.82, 2.24) is 15.3 Å². The van der Waals surface area contributed by atoms with E-state index in [0.717, 1.165) is 43.4 Å². The lowest BCUT2D eigenvalue weighted by Gasteiger charge is -2.25. The van der Waals surface area contributed by atoms with Crippen LogP contribution in [0.2, 0.25) is 5.02 Å². The Hall–Kier alpha value is -2.60. The number of imidazole rings is 1. The molecule has 3 rings (SSSR count). The van der Waals surface area contributed by atoms with Gasteiger partial charge in [-0.2, -0.15) is 0 Å². The van der Waals surface area contributed by atoms with Gasteiger partial charge in [0, 0.05) is 16.6 Å². The molecule has 7 heteroatoms. The summed E-state index contributed by atoms with van der Waals surface area (Å²) in [5.74, 6) is 1.19. The van der Waals surface area contributed by atoms with Gasteiger partial charge in [-0.25, -0.2) is 4.98 Å². The van der Waals surface area contributed by atoms with Crippen LogP contribution in [0.15, 0.2) is 41.5 Å². The predicted molar refractivity (Wildman–Crippen MR) is 105 cm³/mol. The molecule has 2 aromatic rings. The molecule has 1 aromatic carbocycles. The maximum absolute atomic E-state index is 10.5. The van der Waals surface area contributed by atoms with Crippen LogP contribution in [-0.2, 0) is 4.79 Å². The fraction of sp³-hybridized carbons (Fsp3) is 0.316. The number of halogens is 1. The van der Waals surface area contributed by atoms with Crippen LogP contribution in [0.1, 0.15) is 31.5 Å². The van der Waals surface area contributed by atoms with Crippen molar-refractivity contribution in [3.63, 3.8) is 0 Å². The van der Waals surface area contributed by atoms with Gasteiger partial charge in [-0.1, -0.05) is 23.7 Å². The monoisotopic (exact) mass is 371 g/mol. The second-order valence-corrected chi connectivity index (χ2v) is 6.81. The number of carbonyl (C=O) groups is 1. The minimum Gasteiger partial charge on any atom is -0.384 e. The molecule has 1 fully saturated rings. The first-order valence-electron chi connectivity index (χ1n) is 8.66. The molecule has 0 radical (unpaired) electrons. The molecule has 1 aromatic heterocycles. The maximum atomic E-state index is 10.5. The number of carbonyl (C=O) groups excluding carboxylic acids is 1. The summed E-state index contributed by atoms with van der Waals surface area (Å²) in [7, 11) is 0. The largest absolute Gasteiger partial charge is 0.384 e. The number of H-pyrrole nitrogens is 1. The second-order valence-electron chi connectivity index (χ2n) is 6.37. The molecule has 136 valence electrons. The summed E-state index contributed by atoms with van der Waals surface area (Å²) < 4.78 is 0. The number of nitrogens with two attached hydrogens (primary N) is 1. The third kappa shape index (κ3) is 4.95. The number of rotatable bonds is 6. The third-order valence-corrected chi connectivity index (χ3v) is 4.71. The van der Waals surface area contributed by atoms with Crippen molar-refractivity contribution in [1.29, 1.82) is 0 Å². The van der Waals surface area contributed by atoms with Crippen LogP contribution >= 0.6 is 11.6 Å². The molecule has 0 spiro atoms. The molecular weight excluding hydrogens is 350 g/mol. The molecule has 6 nitrogen and oxygen atoms in total. The summed E-state index contributed by atoms with van der Waals surface area (Å²) in [5, 5.41) is 3.51. The highest BCUT2D eigenvalue weighted by molar-refractivity contribution is 6.30. The highest BCUT2D eigenvalue weighted by atomic mass is 35.5. The summed E-state index contributed by atoms with van der Waals surface area (Å²) in [4.78, 5) is 22.6. The highest BCUT2D eigenvalue weighted by Gasteiger charge is 2.19. The average molecular weight is 372 g/mol. The van der Waals surface area contributed by atoms with Gasteiger partial charge >= 0.3 is 0 Å². The number of aromatic amines is 1. The third-order valence-electron chi connectivity index (χ3n) is 4.48. The van der Waals surface area contributed by atoms with E-state index in [9.17, 15) is 4.79 Å².